The Morgan fingerprint density at radius 1 is 0.550 bits per heavy atom. The third-order valence-corrected chi connectivity index (χ3v) is 15.5. The van der Waals surface area contributed by atoms with E-state index in [4.69, 9.17) is 4.42 Å². The number of fused-ring (bicyclic) bond motifs is 17. The Morgan fingerprint density at radius 3 is 2.18 bits per heavy atom. The van der Waals surface area contributed by atoms with Gasteiger partial charge in [-0.15, -0.1) is 11.3 Å². The van der Waals surface area contributed by atoms with Gasteiger partial charge in [-0.05, 0) is 98.3 Å². The van der Waals surface area contributed by atoms with Crippen LogP contribution in [-0.2, 0) is 10.8 Å². The zero-order chi connectivity index (χ0) is 40.0. The quantitative estimate of drug-likeness (QED) is 0.155. The third kappa shape index (κ3) is 4.07. The van der Waals surface area contributed by atoms with Crippen LogP contribution in [0.15, 0.2) is 150 Å². The molecule has 2 aliphatic heterocycles. The summed E-state index contributed by atoms with van der Waals surface area (Å²) in [6, 6.07) is 55.5. The van der Waals surface area contributed by atoms with Gasteiger partial charge in [0.15, 0.2) is 0 Å². The highest BCUT2D eigenvalue weighted by atomic mass is 32.1. The Morgan fingerprint density at radius 2 is 1.33 bits per heavy atom. The van der Waals surface area contributed by atoms with Crippen LogP contribution >= 0.6 is 11.3 Å². The molecule has 0 unspecified atom stereocenters. The van der Waals surface area contributed by atoms with E-state index in [1.54, 1.807) is 0 Å². The molecule has 0 N–H and O–H groups in total. The minimum atomic E-state index is -0.132. The number of thiophene rings is 1. The van der Waals surface area contributed by atoms with Crippen molar-refractivity contribution in [3.8, 4) is 27.9 Å². The van der Waals surface area contributed by atoms with E-state index in [1.807, 2.05) is 11.3 Å². The van der Waals surface area contributed by atoms with E-state index < -0.39 is 0 Å². The van der Waals surface area contributed by atoms with Gasteiger partial charge in [-0.2, -0.15) is 0 Å². The lowest BCUT2D eigenvalue weighted by molar-refractivity contribution is 0.590. The zero-order valence-electron chi connectivity index (χ0n) is 34.1. The first-order valence-corrected chi connectivity index (χ1v) is 22.0. The van der Waals surface area contributed by atoms with Crippen molar-refractivity contribution in [3.05, 3.63) is 162 Å². The summed E-state index contributed by atoms with van der Waals surface area (Å²) in [6.07, 6.45) is 0. The van der Waals surface area contributed by atoms with Crippen LogP contribution in [0, 0.1) is 0 Å². The maximum absolute atomic E-state index is 6.60. The predicted molar refractivity (Wildman–Crippen MR) is 256 cm³/mol. The number of rotatable bonds is 1. The van der Waals surface area contributed by atoms with Crippen molar-refractivity contribution in [2.75, 3.05) is 4.81 Å². The molecule has 0 saturated heterocycles. The van der Waals surface area contributed by atoms with Gasteiger partial charge >= 0.3 is 6.85 Å². The summed E-state index contributed by atoms with van der Waals surface area (Å²) in [5.74, 6) is 0. The second-order valence-corrected chi connectivity index (χ2v) is 20.0. The first-order valence-electron chi connectivity index (χ1n) is 21.2. The summed E-state index contributed by atoms with van der Waals surface area (Å²) in [5.41, 5.74) is 20.1. The van der Waals surface area contributed by atoms with E-state index in [9.17, 15) is 0 Å². The first kappa shape index (κ1) is 33.3. The van der Waals surface area contributed by atoms with Crippen molar-refractivity contribution in [1.29, 1.82) is 0 Å². The van der Waals surface area contributed by atoms with Gasteiger partial charge in [0.1, 0.15) is 11.2 Å². The topological polar surface area (TPSA) is 21.3 Å². The van der Waals surface area contributed by atoms with E-state index in [2.05, 4.69) is 190 Å². The molecule has 284 valence electrons. The highest BCUT2D eigenvalue weighted by molar-refractivity contribution is 7.25. The molecule has 0 amide bonds. The van der Waals surface area contributed by atoms with Crippen molar-refractivity contribution in [2.24, 2.45) is 0 Å². The van der Waals surface area contributed by atoms with Crippen molar-refractivity contribution in [2.45, 2.75) is 45.4 Å². The molecule has 60 heavy (non-hydrogen) atoms. The fraction of sp³-hybridized carbons (Fsp3) is 0.127. The van der Waals surface area contributed by atoms with E-state index >= 15 is 0 Å². The monoisotopic (exact) mass is 786 g/mol. The van der Waals surface area contributed by atoms with Gasteiger partial charge < -0.3 is 13.8 Å². The molecular weight excluding hydrogens is 747 g/mol. The third-order valence-electron chi connectivity index (χ3n) is 14.3. The number of furan rings is 1. The van der Waals surface area contributed by atoms with E-state index in [0.29, 0.717) is 0 Å². The van der Waals surface area contributed by atoms with Gasteiger partial charge in [0.05, 0.1) is 11.0 Å². The van der Waals surface area contributed by atoms with E-state index in [-0.39, 0.29) is 17.7 Å². The van der Waals surface area contributed by atoms with Gasteiger partial charge in [-0.25, -0.2) is 0 Å². The Labute approximate surface area is 352 Å². The molecule has 0 atom stereocenters. The minimum Gasteiger partial charge on any atom is -0.456 e. The van der Waals surface area contributed by atoms with Gasteiger partial charge in [0, 0.05) is 75.8 Å². The molecule has 5 heteroatoms. The molecular formula is C55H39BN2OS. The fourth-order valence-corrected chi connectivity index (χ4v) is 12.5. The van der Waals surface area contributed by atoms with Gasteiger partial charge in [-0.3, -0.25) is 0 Å². The van der Waals surface area contributed by atoms with E-state index in [0.717, 1.165) is 21.9 Å². The van der Waals surface area contributed by atoms with Crippen LogP contribution in [0.5, 0.6) is 0 Å². The molecule has 0 spiro atoms. The standard InChI is InChI=1S/C55H39BN2OS/c1-54(2,3)30-18-20-31(21-19-30)58-46-27-43-37(32-12-6-9-15-42(32)55(43,4)5)24-38(46)35-22-23-36-39-25-40-33-13-7-10-16-48(33)59-49(40)28-45(39)57-47-29-51-41(34-14-8-11-17-50(34)60-51)26-44(47)56(58)52(35)53(36)57/h6-29H,1-5H3. The summed E-state index contributed by atoms with van der Waals surface area (Å²) >= 11 is 1.90. The molecule has 3 aromatic heterocycles. The second kappa shape index (κ2) is 11.0. The largest absolute Gasteiger partial charge is 0.456 e. The van der Waals surface area contributed by atoms with Gasteiger partial charge in [0.2, 0.25) is 0 Å². The molecule has 3 nitrogen and oxygen atoms in total. The molecule has 1 aliphatic carbocycles. The Kier molecular flexibility index (Phi) is 6.09. The zero-order valence-corrected chi connectivity index (χ0v) is 35.0. The van der Waals surface area contributed by atoms with Crippen molar-refractivity contribution in [3.63, 3.8) is 0 Å². The number of hydrogen-bond donors (Lipinski definition) is 0. The molecule has 0 fully saturated rings. The normalized spacial score (nSPS) is 14.8. The number of hydrogen-bond acceptors (Lipinski definition) is 3. The van der Waals surface area contributed by atoms with Crippen LogP contribution in [-0.4, -0.2) is 11.4 Å². The first-order chi connectivity index (χ1) is 29.1. The van der Waals surface area contributed by atoms with Gasteiger partial charge in [-0.1, -0.05) is 126 Å². The Bertz CT molecular complexity index is 3740. The molecule has 0 saturated carbocycles. The average Bonchev–Trinajstić information content (AvgIpc) is 3.97. The van der Waals surface area contributed by atoms with Crippen LogP contribution in [0.1, 0.15) is 51.3 Å². The second-order valence-electron chi connectivity index (χ2n) is 18.9. The van der Waals surface area contributed by atoms with Crippen molar-refractivity contribution in [1.82, 2.24) is 4.57 Å². The summed E-state index contributed by atoms with van der Waals surface area (Å²) in [7, 11) is 0. The lowest BCUT2D eigenvalue weighted by Gasteiger charge is -2.42. The maximum Gasteiger partial charge on any atom is 0.333 e. The van der Waals surface area contributed by atoms with Crippen molar-refractivity contribution >= 4 is 104 Å². The summed E-state index contributed by atoms with van der Waals surface area (Å²) in [5, 5.41) is 7.49. The van der Waals surface area contributed by atoms with E-state index in [1.165, 1.54) is 109 Å². The molecule has 8 aromatic carbocycles. The fourth-order valence-electron chi connectivity index (χ4n) is 11.4. The molecule has 5 heterocycles. The number of anilines is 2. The van der Waals surface area contributed by atoms with Gasteiger partial charge in [0.25, 0.3) is 0 Å². The lowest BCUT2D eigenvalue weighted by atomic mass is 9.44. The highest BCUT2D eigenvalue weighted by Gasteiger charge is 2.46. The van der Waals surface area contributed by atoms with Crippen molar-refractivity contribution < 1.29 is 4.42 Å². The molecule has 3 aliphatic rings. The molecule has 0 radical (unpaired) electrons. The van der Waals surface area contributed by atoms with Crippen LogP contribution in [0.4, 0.5) is 11.4 Å². The predicted octanol–water partition coefficient (Wildman–Crippen LogP) is 13.9. The molecule has 0 bridgehead atoms. The van der Waals surface area contributed by atoms with Crippen LogP contribution < -0.4 is 15.7 Å². The van der Waals surface area contributed by atoms with Crippen LogP contribution in [0.3, 0.4) is 0 Å². The van der Waals surface area contributed by atoms with Crippen LogP contribution in [0.2, 0.25) is 0 Å². The minimum absolute atomic E-state index is 0.0439. The molecule has 11 aromatic rings. The molecule has 14 rings (SSSR count). The number of para-hydroxylation sites is 1. The summed E-state index contributed by atoms with van der Waals surface area (Å²) < 4.78 is 11.8. The summed E-state index contributed by atoms with van der Waals surface area (Å²) in [6.45, 7) is 11.7. The number of aromatic nitrogens is 1. The lowest BCUT2D eigenvalue weighted by Crippen LogP contribution is -2.60. The Hall–Kier alpha value is -6.56. The summed E-state index contributed by atoms with van der Waals surface area (Å²) in [4.78, 5) is 2.70. The number of nitrogens with zero attached hydrogens (tertiary/aromatic N) is 2. The van der Waals surface area contributed by atoms with Crippen LogP contribution in [0.25, 0.3) is 91.9 Å². The average molecular weight is 787 g/mol. The smallest absolute Gasteiger partial charge is 0.333 e. The number of benzene rings is 8. The highest BCUT2D eigenvalue weighted by Crippen LogP contribution is 2.55. The Balaban J connectivity index is 1.16. The SMILES string of the molecule is CC(C)(C)c1ccc(N2B3c4cc5c(cc4-n4c6cc7oc8ccccc8c7cc6c6ccc(c3c64)-c3cc4c(cc32)C(C)(C)c2ccccc2-4)sc2ccccc25)cc1. The maximum atomic E-state index is 6.60.